The van der Waals surface area contributed by atoms with E-state index in [0.29, 0.717) is 11.6 Å². The molecule has 30 heavy (non-hydrogen) atoms. The van der Waals surface area contributed by atoms with E-state index in [0.717, 1.165) is 44.2 Å². The monoisotopic (exact) mass is 408 g/mol. The Bertz CT molecular complexity index is 912. The lowest BCUT2D eigenvalue weighted by Gasteiger charge is -2.26. The molecule has 2 aromatic rings. The van der Waals surface area contributed by atoms with E-state index < -0.39 is 6.04 Å². The van der Waals surface area contributed by atoms with Gasteiger partial charge in [-0.3, -0.25) is 14.3 Å². The Morgan fingerprint density at radius 2 is 1.80 bits per heavy atom. The van der Waals surface area contributed by atoms with Crippen LogP contribution >= 0.6 is 0 Å². The molecule has 2 unspecified atom stereocenters. The highest BCUT2D eigenvalue weighted by molar-refractivity contribution is 6.00. The third-order valence-electron chi connectivity index (χ3n) is 6.60. The molecule has 6 heteroatoms. The van der Waals surface area contributed by atoms with Crippen LogP contribution in [-0.4, -0.2) is 27.6 Å². The Balaban J connectivity index is 1.52. The Kier molecular flexibility index (Phi) is 6.21. The average molecular weight is 409 g/mol. The van der Waals surface area contributed by atoms with Crippen molar-refractivity contribution >= 4 is 17.5 Å². The van der Waals surface area contributed by atoms with Gasteiger partial charge in [0.05, 0.1) is 0 Å². The summed E-state index contributed by atoms with van der Waals surface area (Å²) in [6.45, 7) is 2.26. The molecule has 2 aliphatic carbocycles. The zero-order chi connectivity index (χ0) is 21.1. The number of fused-ring (bicyclic) bond motifs is 1. The maximum absolute atomic E-state index is 13.3. The molecule has 0 aliphatic heterocycles. The van der Waals surface area contributed by atoms with E-state index in [1.807, 2.05) is 6.07 Å². The summed E-state index contributed by atoms with van der Waals surface area (Å²) in [5.41, 5.74) is 3.99. The number of aryl methyl sites for hydroxylation is 1. The van der Waals surface area contributed by atoms with Crippen molar-refractivity contribution in [2.75, 3.05) is 5.32 Å². The van der Waals surface area contributed by atoms with Gasteiger partial charge in [0, 0.05) is 18.9 Å². The molecular formula is C24H32N4O2. The molecule has 0 spiro atoms. The molecule has 1 saturated carbocycles. The van der Waals surface area contributed by atoms with E-state index in [1.54, 1.807) is 24.0 Å². The summed E-state index contributed by atoms with van der Waals surface area (Å²) in [5, 5.41) is 10.2. The normalized spacial score (nSPS) is 20.3. The summed E-state index contributed by atoms with van der Waals surface area (Å²) in [6.07, 6.45) is 10.3. The second-order valence-corrected chi connectivity index (χ2v) is 9.03. The quantitative estimate of drug-likeness (QED) is 0.738. The molecule has 0 bridgehead atoms. The SMILES string of the molecule is CC1Cc2ccc(NC(=O)C(NC(=O)c3ccnn3C)C3CCCCCC3)cc2C1. The van der Waals surface area contributed by atoms with Crippen molar-refractivity contribution in [2.45, 2.75) is 64.3 Å². The van der Waals surface area contributed by atoms with Gasteiger partial charge < -0.3 is 10.6 Å². The van der Waals surface area contributed by atoms with E-state index >= 15 is 0 Å². The van der Waals surface area contributed by atoms with Crippen LogP contribution in [0, 0.1) is 11.8 Å². The maximum atomic E-state index is 13.3. The van der Waals surface area contributed by atoms with Gasteiger partial charge in [0.2, 0.25) is 5.91 Å². The molecular weight excluding hydrogens is 376 g/mol. The summed E-state index contributed by atoms with van der Waals surface area (Å²) in [7, 11) is 1.74. The topological polar surface area (TPSA) is 76.0 Å². The first-order valence-corrected chi connectivity index (χ1v) is 11.2. The number of nitrogens with one attached hydrogen (secondary N) is 2. The van der Waals surface area contributed by atoms with Crippen molar-refractivity contribution in [3.8, 4) is 0 Å². The summed E-state index contributed by atoms with van der Waals surface area (Å²) in [4.78, 5) is 26.2. The van der Waals surface area contributed by atoms with Crippen molar-refractivity contribution in [2.24, 2.45) is 18.9 Å². The highest BCUT2D eigenvalue weighted by Gasteiger charge is 2.31. The number of carbonyl (C=O) groups excluding carboxylic acids is 2. The second kappa shape index (κ2) is 9.02. The van der Waals surface area contributed by atoms with E-state index in [-0.39, 0.29) is 17.7 Å². The number of nitrogens with zero attached hydrogens (tertiary/aromatic N) is 2. The molecule has 0 radical (unpaired) electrons. The number of benzene rings is 1. The lowest BCUT2D eigenvalue weighted by molar-refractivity contribution is -0.119. The minimum absolute atomic E-state index is 0.122. The van der Waals surface area contributed by atoms with Gasteiger partial charge in [0.1, 0.15) is 11.7 Å². The molecule has 4 rings (SSSR count). The molecule has 1 aromatic heterocycles. The predicted octanol–water partition coefficient (Wildman–Crippen LogP) is 3.86. The first-order valence-electron chi connectivity index (χ1n) is 11.2. The van der Waals surface area contributed by atoms with Crippen LogP contribution in [0.2, 0.25) is 0 Å². The minimum atomic E-state index is -0.544. The van der Waals surface area contributed by atoms with Gasteiger partial charge in [-0.15, -0.1) is 0 Å². The van der Waals surface area contributed by atoms with Gasteiger partial charge in [0.25, 0.3) is 5.91 Å². The third kappa shape index (κ3) is 4.58. The summed E-state index contributed by atoms with van der Waals surface area (Å²) in [5.74, 6) is 0.438. The van der Waals surface area contributed by atoms with Crippen LogP contribution < -0.4 is 10.6 Å². The third-order valence-corrected chi connectivity index (χ3v) is 6.60. The molecule has 1 aromatic carbocycles. The number of hydrogen-bond acceptors (Lipinski definition) is 3. The smallest absolute Gasteiger partial charge is 0.270 e. The average Bonchev–Trinajstić information content (AvgIpc) is 3.20. The second-order valence-electron chi connectivity index (χ2n) is 9.03. The zero-order valence-electron chi connectivity index (χ0n) is 18.0. The number of aromatic nitrogens is 2. The minimum Gasteiger partial charge on any atom is -0.339 e. The fourth-order valence-electron chi connectivity index (χ4n) is 4.99. The highest BCUT2D eigenvalue weighted by atomic mass is 16.2. The molecule has 2 aliphatic rings. The van der Waals surface area contributed by atoms with Crippen molar-refractivity contribution in [3.05, 3.63) is 47.3 Å². The molecule has 1 heterocycles. The van der Waals surface area contributed by atoms with E-state index in [1.165, 1.54) is 24.0 Å². The molecule has 160 valence electrons. The molecule has 0 saturated heterocycles. The van der Waals surface area contributed by atoms with Gasteiger partial charge in [-0.25, -0.2) is 0 Å². The van der Waals surface area contributed by atoms with Crippen LogP contribution in [0.3, 0.4) is 0 Å². The van der Waals surface area contributed by atoms with Crippen LogP contribution in [0.4, 0.5) is 5.69 Å². The summed E-state index contributed by atoms with van der Waals surface area (Å²) >= 11 is 0. The van der Waals surface area contributed by atoms with Crippen molar-refractivity contribution in [3.63, 3.8) is 0 Å². The van der Waals surface area contributed by atoms with Gasteiger partial charge in [-0.2, -0.15) is 5.10 Å². The molecule has 2 N–H and O–H groups in total. The molecule has 6 nitrogen and oxygen atoms in total. The van der Waals surface area contributed by atoms with Crippen molar-refractivity contribution in [1.29, 1.82) is 0 Å². The molecule has 2 atom stereocenters. The first kappa shape index (κ1) is 20.6. The lowest BCUT2D eigenvalue weighted by atomic mass is 9.91. The lowest BCUT2D eigenvalue weighted by Crippen LogP contribution is -2.48. The molecule has 2 amide bonds. The maximum Gasteiger partial charge on any atom is 0.270 e. The largest absolute Gasteiger partial charge is 0.339 e. The van der Waals surface area contributed by atoms with Gasteiger partial charge in [-0.1, -0.05) is 38.7 Å². The number of amides is 2. The van der Waals surface area contributed by atoms with E-state index in [4.69, 9.17) is 0 Å². The number of carbonyl (C=O) groups is 2. The van der Waals surface area contributed by atoms with Gasteiger partial charge >= 0.3 is 0 Å². The number of rotatable bonds is 5. The Hall–Kier alpha value is -2.63. The van der Waals surface area contributed by atoms with Crippen molar-refractivity contribution in [1.82, 2.24) is 15.1 Å². The zero-order valence-corrected chi connectivity index (χ0v) is 18.0. The van der Waals surface area contributed by atoms with Crippen LogP contribution in [0.1, 0.15) is 67.1 Å². The van der Waals surface area contributed by atoms with Gasteiger partial charge in [0.15, 0.2) is 0 Å². The van der Waals surface area contributed by atoms with Crippen molar-refractivity contribution < 1.29 is 9.59 Å². The van der Waals surface area contributed by atoms with E-state index in [2.05, 4.69) is 34.8 Å². The molecule has 1 fully saturated rings. The van der Waals surface area contributed by atoms with Crippen LogP contribution in [-0.2, 0) is 24.7 Å². The summed E-state index contributed by atoms with van der Waals surface area (Å²) < 4.78 is 1.54. The van der Waals surface area contributed by atoms with Gasteiger partial charge in [-0.05, 0) is 66.8 Å². The standard InChI is InChI=1S/C24H32N4O2/c1-16-13-18-9-10-20(15-19(18)14-16)26-24(30)22(17-7-5-3-4-6-8-17)27-23(29)21-11-12-25-28(21)2/h9-12,15-17,22H,3-8,13-14H2,1-2H3,(H,26,30)(H,27,29). The highest BCUT2D eigenvalue weighted by Crippen LogP contribution is 2.30. The number of hydrogen-bond donors (Lipinski definition) is 2. The van der Waals surface area contributed by atoms with Crippen LogP contribution in [0.25, 0.3) is 0 Å². The Labute approximate surface area is 178 Å². The Morgan fingerprint density at radius 1 is 1.07 bits per heavy atom. The fraction of sp³-hybridized carbons (Fsp3) is 0.542. The van der Waals surface area contributed by atoms with E-state index in [9.17, 15) is 9.59 Å². The number of anilines is 1. The summed E-state index contributed by atoms with van der Waals surface area (Å²) in [6, 6.07) is 7.35. The first-order chi connectivity index (χ1) is 14.5. The van der Waals surface area contributed by atoms with Crippen LogP contribution in [0.5, 0.6) is 0 Å². The van der Waals surface area contributed by atoms with Crippen LogP contribution in [0.15, 0.2) is 30.5 Å². The fourth-order valence-corrected chi connectivity index (χ4v) is 4.99. The Morgan fingerprint density at radius 3 is 2.50 bits per heavy atom. The predicted molar refractivity (Wildman–Crippen MR) is 117 cm³/mol.